The van der Waals surface area contributed by atoms with Gasteiger partial charge in [0.25, 0.3) is 0 Å². The van der Waals surface area contributed by atoms with Crippen molar-refractivity contribution in [2.75, 3.05) is 5.32 Å². The minimum atomic E-state index is 0.514. The van der Waals surface area contributed by atoms with E-state index in [9.17, 15) is 0 Å². The predicted octanol–water partition coefficient (Wildman–Crippen LogP) is 3.62. The molecule has 90 valence electrons. The standard InChI is InChI=1S/C12H14ClN3S/c1-7-3-8(2)11(10(13)4-7)16-12-15-6-9(5-14)17-12/h3-4,6H,5,14H2,1-2H3,(H,15,16). The number of aryl methyl sites for hydroxylation is 2. The van der Waals surface area contributed by atoms with E-state index in [2.05, 4.69) is 16.4 Å². The van der Waals surface area contributed by atoms with Crippen LogP contribution in [0.5, 0.6) is 0 Å². The highest BCUT2D eigenvalue weighted by atomic mass is 35.5. The van der Waals surface area contributed by atoms with E-state index in [0.717, 1.165) is 26.8 Å². The number of halogens is 1. The van der Waals surface area contributed by atoms with E-state index in [1.54, 1.807) is 17.5 Å². The number of nitrogens with two attached hydrogens (primary N) is 1. The lowest BCUT2D eigenvalue weighted by molar-refractivity contribution is 1.10. The van der Waals surface area contributed by atoms with Crippen molar-refractivity contribution >= 4 is 33.8 Å². The molecule has 0 atom stereocenters. The van der Waals surface area contributed by atoms with Gasteiger partial charge in [0.1, 0.15) is 0 Å². The lowest BCUT2D eigenvalue weighted by Crippen LogP contribution is -1.94. The van der Waals surface area contributed by atoms with Crippen molar-refractivity contribution in [3.05, 3.63) is 39.4 Å². The van der Waals surface area contributed by atoms with Gasteiger partial charge < -0.3 is 11.1 Å². The maximum absolute atomic E-state index is 6.22. The first-order valence-electron chi connectivity index (χ1n) is 5.28. The molecule has 0 saturated carbocycles. The molecule has 0 unspecified atom stereocenters. The second-order valence-electron chi connectivity index (χ2n) is 3.90. The Hall–Kier alpha value is -1.10. The van der Waals surface area contributed by atoms with Crippen molar-refractivity contribution in [3.63, 3.8) is 0 Å². The molecule has 0 amide bonds. The van der Waals surface area contributed by atoms with Gasteiger partial charge in [-0.1, -0.05) is 17.7 Å². The summed E-state index contributed by atoms with van der Waals surface area (Å²) in [6.45, 7) is 4.57. The Bertz CT molecular complexity index is 513. The summed E-state index contributed by atoms with van der Waals surface area (Å²) >= 11 is 7.76. The molecular formula is C12H14ClN3S. The molecule has 1 aromatic heterocycles. The van der Waals surface area contributed by atoms with Crippen molar-refractivity contribution < 1.29 is 0 Å². The zero-order valence-electron chi connectivity index (χ0n) is 9.75. The molecule has 3 nitrogen and oxygen atoms in total. The fourth-order valence-electron chi connectivity index (χ4n) is 1.64. The van der Waals surface area contributed by atoms with Crippen molar-refractivity contribution in [2.45, 2.75) is 20.4 Å². The summed E-state index contributed by atoms with van der Waals surface area (Å²) in [7, 11) is 0. The predicted molar refractivity (Wildman–Crippen MR) is 74.2 cm³/mol. The fraction of sp³-hybridized carbons (Fsp3) is 0.250. The number of nitrogens with zero attached hydrogens (tertiary/aromatic N) is 1. The van der Waals surface area contributed by atoms with Crippen LogP contribution in [0.1, 0.15) is 16.0 Å². The molecule has 0 spiro atoms. The second kappa shape index (κ2) is 5.04. The molecule has 2 rings (SSSR count). The Labute approximate surface area is 110 Å². The third kappa shape index (κ3) is 2.77. The number of aromatic nitrogens is 1. The minimum Gasteiger partial charge on any atom is -0.330 e. The number of thiazole rings is 1. The lowest BCUT2D eigenvalue weighted by atomic mass is 10.1. The SMILES string of the molecule is Cc1cc(C)c(Nc2ncc(CN)s2)c(Cl)c1. The van der Waals surface area contributed by atoms with Crippen LogP contribution in [0.2, 0.25) is 5.02 Å². The van der Waals surface area contributed by atoms with Crippen molar-refractivity contribution in [3.8, 4) is 0 Å². The number of anilines is 2. The molecule has 0 aliphatic carbocycles. The summed E-state index contributed by atoms with van der Waals surface area (Å²) in [5.74, 6) is 0. The van der Waals surface area contributed by atoms with Gasteiger partial charge in [0.15, 0.2) is 5.13 Å². The summed E-state index contributed by atoms with van der Waals surface area (Å²) in [5.41, 5.74) is 8.73. The molecule has 0 aliphatic rings. The lowest BCUT2D eigenvalue weighted by Gasteiger charge is -2.10. The zero-order valence-corrected chi connectivity index (χ0v) is 11.3. The number of rotatable bonds is 3. The molecule has 0 aliphatic heterocycles. The first kappa shape index (κ1) is 12.4. The maximum atomic E-state index is 6.22. The van der Waals surface area contributed by atoms with E-state index in [-0.39, 0.29) is 0 Å². The van der Waals surface area contributed by atoms with Crippen LogP contribution in [0, 0.1) is 13.8 Å². The summed E-state index contributed by atoms with van der Waals surface area (Å²) in [4.78, 5) is 5.31. The number of hydrogen-bond acceptors (Lipinski definition) is 4. The van der Waals surface area contributed by atoms with Crippen molar-refractivity contribution in [1.82, 2.24) is 4.98 Å². The Balaban J connectivity index is 2.29. The van der Waals surface area contributed by atoms with Crippen LogP contribution in [0.25, 0.3) is 0 Å². The molecule has 0 radical (unpaired) electrons. The average molecular weight is 268 g/mol. The van der Waals surface area contributed by atoms with Gasteiger partial charge in [-0.25, -0.2) is 4.98 Å². The van der Waals surface area contributed by atoms with Crippen LogP contribution in [0.15, 0.2) is 18.3 Å². The molecule has 3 N–H and O–H groups in total. The van der Waals surface area contributed by atoms with Crippen LogP contribution < -0.4 is 11.1 Å². The maximum Gasteiger partial charge on any atom is 0.187 e. The Morgan fingerprint density at radius 2 is 2.18 bits per heavy atom. The Morgan fingerprint density at radius 1 is 1.41 bits per heavy atom. The van der Waals surface area contributed by atoms with Crippen LogP contribution in [-0.4, -0.2) is 4.98 Å². The molecule has 0 fully saturated rings. The fourth-order valence-corrected chi connectivity index (χ4v) is 2.70. The van der Waals surface area contributed by atoms with Crippen LogP contribution in [-0.2, 0) is 6.54 Å². The highest BCUT2D eigenvalue weighted by molar-refractivity contribution is 7.15. The summed E-state index contributed by atoms with van der Waals surface area (Å²) in [6.07, 6.45) is 1.78. The molecule has 0 saturated heterocycles. The van der Waals surface area contributed by atoms with E-state index < -0.39 is 0 Å². The minimum absolute atomic E-state index is 0.514. The Kier molecular flexibility index (Phi) is 3.66. The molecule has 1 aromatic carbocycles. The number of hydrogen-bond donors (Lipinski definition) is 2. The van der Waals surface area contributed by atoms with Crippen molar-refractivity contribution in [2.24, 2.45) is 5.73 Å². The highest BCUT2D eigenvalue weighted by Gasteiger charge is 2.08. The van der Waals surface area contributed by atoms with E-state index in [1.807, 2.05) is 19.9 Å². The summed E-state index contributed by atoms with van der Waals surface area (Å²) < 4.78 is 0. The topological polar surface area (TPSA) is 50.9 Å². The van der Waals surface area contributed by atoms with Gasteiger partial charge in [-0.15, -0.1) is 11.3 Å². The van der Waals surface area contributed by atoms with Gasteiger partial charge in [-0.05, 0) is 31.0 Å². The van der Waals surface area contributed by atoms with Gasteiger partial charge in [-0.2, -0.15) is 0 Å². The van der Waals surface area contributed by atoms with Gasteiger partial charge in [0, 0.05) is 17.6 Å². The first-order valence-corrected chi connectivity index (χ1v) is 6.48. The second-order valence-corrected chi connectivity index (χ2v) is 5.42. The third-order valence-corrected chi connectivity index (χ3v) is 3.65. The molecule has 17 heavy (non-hydrogen) atoms. The Morgan fingerprint density at radius 3 is 2.76 bits per heavy atom. The van der Waals surface area contributed by atoms with E-state index in [1.165, 1.54) is 0 Å². The third-order valence-electron chi connectivity index (χ3n) is 2.42. The molecule has 5 heteroatoms. The first-order chi connectivity index (χ1) is 8.10. The largest absolute Gasteiger partial charge is 0.330 e. The van der Waals surface area contributed by atoms with E-state index in [0.29, 0.717) is 11.6 Å². The van der Waals surface area contributed by atoms with Crippen molar-refractivity contribution in [1.29, 1.82) is 0 Å². The number of nitrogens with one attached hydrogen (secondary N) is 1. The number of benzene rings is 1. The van der Waals surface area contributed by atoms with Crippen LogP contribution >= 0.6 is 22.9 Å². The summed E-state index contributed by atoms with van der Waals surface area (Å²) in [5, 5.41) is 4.78. The molecular weight excluding hydrogens is 254 g/mol. The highest BCUT2D eigenvalue weighted by Crippen LogP contribution is 2.31. The van der Waals surface area contributed by atoms with Gasteiger partial charge in [-0.3, -0.25) is 0 Å². The van der Waals surface area contributed by atoms with Crippen LogP contribution in [0.3, 0.4) is 0 Å². The quantitative estimate of drug-likeness (QED) is 0.893. The van der Waals surface area contributed by atoms with Gasteiger partial charge >= 0.3 is 0 Å². The normalized spacial score (nSPS) is 10.6. The smallest absolute Gasteiger partial charge is 0.187 e. The van der Waals surface area contributed by atoms with Crippen LogP contribution in [0.4, 0.5) is 10.8 Å². The van der Waals surface area contributed by atoms with E-state index in [4.69, 9.17) is 17.3 Å². The summed E-state index contributed by atoms with van der Waals surface area (Å²) in [6, 6.07) is 4.03. The molecule has 2 aromatic rings. The zero-order chi connectivity index (χ0) is 12.4. The van der Waals surface area contributed by atoms with E-state index >= 15 is 0 Å². The average Bonchev–Trinajstić information content (AvgIpc) is 2.71. The molecule has 0 bridgehead atoms. The van der Waals surface area contributed by atoms with Gasteiger partial charge in [0.2, 0.25) is 0 Å². The monoisotopic (exact) mass is 267 g/mol. The van der Waals surface area contributed by atoms with Gasteiger partial charge in [0.05, 0.1) is 10.7 Å². The molecule has 1 heterocycles.